The lowest BCUT2D eigenvalue weighted by Crippen LogP contribution is -2.31. The van der Waals surface area contributed by atoms with Crippen molar-refractivity contribution >= 4 is 0 Å². The second-order valence-electron chi connectivity index (χ2n) is 4.66. The second kappa shape index (κ2) is 7.56. The Kier molecular flexibility index (Phi) is 5.44. The van der Waals surface area contributed by atoms with E-state index in [2.05, 4.69) is 19.2 Å². The van der Waals surface area contributed by atoms with Gasteiger partial charge in [0.2, 0.25) is 0 Å². The van der Waals surface area contributed by atoms with Gasteiger partial charge in [-0.05, 0) is 49.9 Å². The number of nitrogens with one attached hydrogen (secondary N) is 1. The lowest BCUT2D eigenvalue weighted by atomic mass is 10.3. The predicted molar refractivity (Wildman–Crippen MR) is 81.6 cm³/mol. The monoisotopic (exact) mass is 271 g/mol. The van der Waals surface area contributed by atoms with Crippen LogP contribution in [0.4, 0.5) is 0 Å². The maximum atomic E-state index is 5.73. The van der Waals surface area contributed by atoms with Crippen molar-refractivity contribution in [3.05, 3.63) is 54.6 Å². The van der Waals surface area contributed by atoms with Crippen LogP contribution in [0.25, 0.3) is 0 Å². The lowest BCUT2D eigenvalue weighted by Gasteiger charge is -2.14. The van der Waals surface area contributed by atoms with E-state index in [0.29, 0.717) is 12.6 Å². The highest BCUT2D eigenvalue weighted by Gasteiger charge is 2.02. The van der Waals surface area contributed by atoms with Gasteiger partial charge in [0.05, 0.1) is 0 Å². The van der Waals surface area contributed by atoms with E-state index in [-0.39, 0.29) is 0 Å². The highest BCUT2D eigenvalue weighted by atomic mass is 16.5. The summed E-state index contributed by atoms with van der Waals surface area (Å²) in [5.74, 6) is 2.50. The summed E-state index contributed by atoms with van der Waals surface area (Å²) in [4.78, 5) is 0. The van der Waals surface area contributed by atoms with Gasteiger partial charge in [-0.15, -0.1) is 0 Å². The largest absolute Gasteiger partial charge is 0.492 e. The molecule has 0 aliphatic rings. The summed E-state index contributed by atoms with van der Waals surface area (Å²) in [5.41, 5.74) is 0. The third kappa shape index (κ3) is 4.59. The fraction of sp³-hybridized carbons (Fsp3) is 0.294. The van der Waals surface area contributed by atoms with Crippen LogP contribution in [0, 0.1) is 0 Å². The molecule has 0 bridgehead atoms. The van der Waals surface area contributed by atoms with Crippen LogP contribution in [0.2, 0.25) is 0 Å². The lowest BCUT2D eigenvalue weighted by molar-refractivity contribution is 0.275. The smallest absolute Gasteiger partial charge is 0.127 e. The van der Waals surface area contributed by atoms with Gasteiger partial charge in [0.25, 0.3) is 0 Å². The van der Waals surface area contributed by atoms with E-state index in [0.717, 1.165) is 23.8 Å². The van der Waals surface area contributed by atoms with Crippen LogP contribution in [0.1, 0.15) is 13.8 Å². The first-order valence-electron chi connectivity index (χ1n) is 6.97. The summed E-state index contributed by atoms with van der Waals surface area (Å²) < 4.78 is 11.4. The Hall–Kier alpha value is -2.00. The van der Waals surface area contributed by atoms with Gasteiger partial charge in [0, 0.05) is 6.04 Å². The average Bonchev–Trinajstić information content (AvgIpc) is 2.48. The van der Waals surface area contributed by atoms with E-state index in [1.165, 1.54) is 0 Å². The van der Waals surface area contributed by atoms with Crippen molar-refractivity contribution in [3.8, 4) is 17.2 Å². The number of hydrogen-bond donors (Lipinski definition) is 1. The molecule has 0 fully saturated rings. The summed E-state index contributed by atoms with van der Waals surface area (Å²) in [6.07, 6.45) is 0. The minimum absolute atomic E-state index is 0.347. The first-order valence-corrected chi connectivity index (χ1v) is 6.97. The first-order chi connectivity index (χ1) is 9.78. The second-order valence-corrected chi connectivity index (χ2v) is 4.66. The molecule has 0 saturated carbocycles. The molecule has 2 rings (SSSR count). The molecular formula is C17H21NO2. The highest BCUT2D eigenvalue weighted by Crippen LogP contribution is 2.23. The molecule has 0 aromatic heterocycles. The molecule has 3 nitrogen and oxygen atoms in total. The molecule has 1 N–H and O–H groups in total. The molecule has 1 unspecified atom stereocenters. The van der Waals surface area contributed by atoms with Crippen LogP contribution in [-0.2, 0) is 0 Å². The molecule has 0 aliphatic heterocycles. The Labute approximate surface area is 120 Å². The van der Waals surface area contributed by atoms with Crippen LogP contribution in [0.3, 0.4) is 0 Å². The van der Waals surface area contributed by atoms with E-state index in [1.807, 2.05) is 54.6 Å². The SMILES string of the molecule is CCNC(C)COc1ccc(Oc2ccccc2)cc1. The zero-order valence-corrected chi connectivity index (χ0v) is 12.0. The Balaban J connectivity index is 1.87. The van der Waals surface area contributed by atoms with Crippen molar-refractivity contribution < 1.29 is 9.47 Å². The van der Waals surface area contributed by atoms with Crippen molar-refractivity contribution in [3.63, 3.8) is 0 Å². The molecule has 0 heterocycles. The molecule has 2 aromatic rings. The van der Waals surface area contributed by atoms with Gasteiger partial charge >= 0.3 is 0 Å². The zero-order chi connectivity index (χ0) is 14.2. The molecule has 20 heavy (non-hydrogen) atoms. The van der Waals surface area contributed by atoms with Crippen LogP contribution >= 0.6 is 0 Å². The van der Waals surface area contributed by atoms with Crippen molar-refractivity contribution in [1.82, 2.24) is 5.32 Å². The van der Waals surface area contributed by atoms with Crippen molar-refractivity contribution in [2.75, 3.05) is 13.2 Å². The summed E-state index contributed by atoms with van der Waals surface area (Å²) in [7, 11) is 0. The van der Waals surface area contributed by atoms with Gasteiger partial charge in [0.1, 0.15) is 23.9 Å². The van der Waals surface area contributed by atoms with Gasteiger partial charge in [0.15, 0.2) is 0 Å². The van der Waals surface area contributed by atoms with E-state index in [4.69, 9.17) is 9.47 Å². The normalized spacial score (nSPS) is 11.9. The average molecular weight is 271 g/mol. The van der Waals surface area contributed by atoms with E-state index in [9.17, 15) is 0 Å². The molecule has 2 aromatic carbocycles. The number of ether oxygens (including phenoxy) is 2. The third-order valence-corrected chi connectivity index (χ3v) is 2.86. The molecular weight excluding hydrogens is 250 g/mol. The van der Waals surface area contributed by atoms with E-state index in [1.54, 1.807) is 0 Å². The third-order valence-electron chi connectivity index (χ3n) is 2.86. The molecule has 0 saturated heterocycles. The number of benzene rings is 2. The molecule has 1 atom stereocenters. The standard InChI is InChI=1S/C17H21NO2/c1-3-18-14(2)13-19-15-9-11-17(12-10-15)20-16-7-5-4-6-8-16/h4-12,14,18H,3,13H2,1-2H3. The summed E-state index contributed by atoms with van der Waals surface area (Å²) >= 11 is 0. The van der Waals surface area contributed by atoms with Gasteiger partial charge in [-0.1, -0.05) is 25.1 Å². The molecule has 0 spiro atoms. The fourth-order valence-electron chi connectivity index (χ4n) is 1.86. The number of likely N-dealkylation sites (N-methyl/N-ethyl adjacent to an activating group) is 1. The fourth-order valence-corrected chi connectivity index (χ4v) is 1.86. The van der Waals surface area contributed by atoms with Gasteiger partial charge in [-0.3, -0.25) is 0 Å². The molecule has 0 aliphatic carbocycles. The summed E-state index contributed by atoms with van der Waals surface area (Å²) in [6.45, 7) is 5.81. The topological polar surface area (TPSA) is 30.5 Å². The van der Waals surface area contributed by atoms with Gasteiger partial charge < -0.3 is 14.8 Å². The molecule has 106 valence electrons. The molecule has 0 amide bonds. The minimum atomic E-state index is 0.347. The maximum absolute atomic E-state index is 5.73. The maximum Gasteiger partial charge on any atom is 0.127 e. The Morgan fingerprint density at radius 3 is 2.15 bits per heavy atom. The Morgan fingerprint density at radius 2 is 1.50 bits per heavy atom. The Morgan fingerprint density at radius 1 is 0.900 bits per heavy atom. The molecule has 3 heteroatoms. The number of para-hydroxylation sites is 1. The Bertz CT molecular complexity index is 496. The van der Waals surface area contributed by atoms with Crippen LogP contribution in [0.15, 0.2) is 54.6 Å². The van der Waals surface area contributed by atoms with Crippen molar-refractivity contribution in [1.29, 1.82) is 0 Å². The predicted octanol–water partition coefficient (Wildman–Crippen LogP) is 3.86. The van der Waals surface area contributed by atoms with Crippen molar-refractivity contribution in [2.24, 2.45) is 0 Å². The highest BCUT2D eigenvalue weighted by molar-refractivity contribution is 5.35. The van der Waals surface area contributed by atoms with Crippen LogP contribution in [-0.4, -0.2) is 19.2 Å². The minimum Gasteiger partial charge on any atom is -0.492 e. The van der Waals surface area contributed by atoms with Crippen LogP contribution < -0.4 is 14.8 Å². The summed E-state index contributed by atoms with van der Waals surface area (Å²) in [5, 5.41) is 3.31. The van der Waals surface area contributed by atoms with Gasteiger partial charge in [-0.2, -0.15) is 0 Å². The first kappa shape index (κ1) is 14.4. The summed E-state index contributed by atoms with van der Waals surface area (Å²) in [6, 6.07) is 17.8. The molecule has 0 radical (unpaired) electrons. The van der Waals surface area contributed by atoms with E-state index < -0.39 is 0 Å². The van der Waals surface area contributed by atoms with E-state index >= 15 is 0 Å². The number of hydrogen-bond acceptors (Lipinski definition) is 3. The van der Waals surface area contributed by atoms with Gasteiger partial charge in [-0.25, -0.2) is 0 Å². The van der Waals surface area contributed by atoms with Crippen molar-refractivity contribution in [2.45, 2.75) is 19.9 Å². The zero-order valence-electron chi connectivity index (χ0n) is 12.0. The quantitative estimate of drug-likeness (QED) is 0.829. The number of rotatable bonds is 7. The van der Waals surface area contributed by atoms with Crippen LogP contribution in [0.5, 0.6) is 17.2 Å².